The van der Waals surface area contributed by atoms with Crippen LogP contribution in [0.1, 0.15) is 12.0 Å². The van der Waals surface area contributed by atoms with Crippen molar-refractivity contribution in [3.05, 3.63) is 17.0 Å². The highest BCUT2D eigenvalue weighted by Gasteiger charge is 2.34. The fourth-order valence-electron chi connectivity index (χ4n) is 2.97. The molecular weight excluding hydrogens is 292 g/mol. The van der Waals surface area contributed by atoms with Crippen LogP contribution < -0.4 is 4.90 Å². The van der Waals surface area contributed by atoms with E-state index in [0.717, 1.165) is 24.3 Å². The molecule has 2 atom stereocenters. The van der Waals surface area contributed by atoms with Crippen LogP contribution in [0.4, 0.5) is 5.82 Å². The molecule has 21 heavy (non-hydrogen) atoms. The van der Waals surface area contributed by atoms with Crippen molar-refractivity contribution in [1.29, 1.82) is 0 Å². The Labute approximate surface area is 128 Å². The number of β-amino-alcohol motifs (C(OH)–C–C–N with tert-alkyl or cyclic N) is 1. The van der Waals surface area contributed by atoms with Crippen LogP contribution in [0.5, 0.6) is 0 Å². The van der Waals surface area contributed by atoms with Crippen molar-refractivity contribution in [1.82, 2.24) is 24.5 Å². The minimum absolute atomic E-state index is 0.208. The second kappa shape index (κ2) is 5.40. The number of nitrogens with zero attached hydrogens (tertiary/aromatic N) is 6. The summed E-state index contributed by atoms with van der Waals surface area (Å²) in [6.07, 6.45) is 1.85. The second-order valence-corrected chi connectivity index (χ2v) is 6.14. The molecule has 0 aliphatic carbocycles. The van der Waals surface area contributed by atoms with E-state index in [1.165, 1.54) is 6.33 Å². The Kier molecular flexibility index (Phi) is 3.73. The van der Waals surface area contributed by atoms with E-state index in [0.29, 0.717) is 17.5 Å². The molecule has 0 aromatic carbocycles. The number of hydrogen-bond donors (Lipinski definition) is 1. The number of anilines is 1. The summed E-state index contributed by atoms with van der Waals surface area (Å²) in [7, 11) is 4.06. The van der Waals surface area contributed by atoms with Gasteiger partial charge in [-0.15, -0.1) is 0 Å². The fourth-order valence-corrected chi connectivity index (χ4v) is 3.13. The Morgan fingerprint density at radius 2 is 2.24 bits per heavy atom. The van der Waals surface area contributed by atoms with Gasteiger partial charge < -0.3 is 14.9 Å². The number of hydrogen-bond acceptors (Lipinski definition) is 6. The lowest BCUT2D eigenvalue weighted by molar-refractivity contribution is 0.191. The molecule has 0 amide bonds. The Bertz CT molecular complexity index is 657. The van der Waals surface area contributed by atoms with Gasteiger partial charge in [0.15, 0.2) is 0 Å². The van der Waals surface area contributed by atoms with Crippen molar-refractivity contribution >= 4 is 23.2 Å². The molecule has 1 aliphatic rings. The summed E-state index contributed by atoms with van der Waals surface area (Å²) >= 11 is 6.23. The summed E-state index contributed by atoms with van der Waals surface area (Å²) in [4.78, 5) is 12.6. The molecule has 2 aromatic heterocycles. The van der Waals surface area contributed by atoms with Crippen molar-refractivity contribution in [3.63, 3.8) is 0 Å². The van der Waals surface area contributed by atoms with E-state index in [2.05, 4.69) is 24.9 Å². The number of aromatic nitrogens is 4. The molecule has 0 radical (unpaired) electrons. The van der Waals surface area contributed by atoms with Gasteiger partial charge in [0.2, 0.25) is 0 Å². The topological polar surface area (TPSA) is 69.8 Å². The molecule has 0 saturated carbocycles. The first-order chi connectivity index (χ1) is 9.97. The van der Waals surface area contributed by atoms with Crippen molar-refractivity contribution in [3.8, 4) is 0 Å². The summed E-state index contributed by atoms with van der Waals surface area (Å²) < 4.78 is 1.70. The van der Waals surface area contributed by atoms with Crippen LogP contribution in [0.2, 0.25) is 5.15 Å². The number of rotatable bonds is 3. The number of halogens is 1. The Hall–Kier alpha value is -1.44. The SMILES string of the molecule is Cc1c(Cl)nc2ncnn2c1N1CC(O)CC1CN(C)C. The van der Waals surface area contributed by atoms with E-state index < -0.39 is 0 Å². The zero-order chi connectivity index (χ0) is 15.1. The number of likely N-dealkylation sites (N-methyl/N-ethyl adjacent to an activating group) is 1. The zero-order valence-electron chi connectivity index (χ0n) is 12.4. The molecule has 7 nitrogen and oxygen atoms in total. The second-order valence-electron chi connectivity index (χ2n) is 5.78. The molecule has 2 aromatic rings. The molecular formula is C13H19ClN6O. The molecule has 1 N–H and O–H groups in total. The zero-order valence-corrected chi connectivity index (χ0v) is 13.1. The Morgan fingerprint density at radius 1 is 1.48 bits per heavy atom. The summed E-state index contributed by atoms with van der Waals surface area (Å²) in [5, 5.41) is 14.8. The number of aliphatic hydroxyl groups is 1. The van der Waals surface area contributed by atoms with Crippen molar-refractivity contribution < 1.29 is 5.11 Å². The van der Waals surface area contributed by atoms with Gasteiger partial charge >= 0.3 is 0 Å². The summed E-state index contributed by atoms with van der Waals surface area (Å²) in [6, 6.07) is 0.208. The van der Waals surface area contributed by atoms with Gasteiger partial charge in [-0.2, -0.15) is 19.6 Å². The fraction of sp³-hybridized carbons (Fsp3) is 0.615. The van der Waals surface area contributed by atoms with Gasteiger partial charge in [-0.1, -0.05) is 11.6 Å². The highest BCUT2D eigenvalue weighted by Crippen LogP contribution is 2.31. The maximum Gasteiger partial charge on any atom is 0.255 e. The van der Waals surface area contributed by atoms with Crippen molar-refractivity contribution in [2.24, 2.45) is 0 Å². The predicted molar refractivity (Wildman–Crippen MR) is 80.8 cm³/mol. The van der Waals surface area contributed by atoms with Crippen LogP contribution in [0.15, 0.2) is 6.33 Å². The van der Waals surface area contributed by atoms with E-state index in [4.69, 9.17) is 11.6 Å². The maximum absolute atomic E-state index is 10.1. The molecule has 0 spiro atoms. The largest absolute Gasteiger partial charge is 0.391 e. The van der Waals surface area contributed by atoms with Crippen LogP contribution in [-0.4, -0.2) is 68.9 Å². The average molecular weight is 311 g/mol. The lowest BCUT2D eigenvalue weighted by Gasteiger charge is -2.29. The van der Waals surface area contributed by atoms with E-state index in [9.17, 15) is 5.11 Å². The van der Waals surface area contributed by atoms with Crippen LogP contribution in [0, 0.1) is 6.92 Å². The third-order valence-electron chi connectivity index (χ3n) is 3.81. The lowest BCUT2D eigenvalue weighted by atomic mass is 10.2. The number of fused-ring (bicyclic) bond motifs is 1. The Balaban J connectivity index is 2.09. The molecule has 1 fully saturated rings. The van der Waals surface area contributed by atoms with E-state index >= 15 is 0 Å². The van der Waals surface area contributed by atoms with Crippen molar-refractivity contribution in [2.75, 3.05) is 32.1 Å². The molecule has 8 heteroatoms. The maximum atomic E-state index is 10.1. The normalized spacial score (nSPS) is 22.7. The van der Waals surface area contributed by atoms with Gasteiger partial charge in [-0.25, -0.2) is 0 Å². The number of aliphatic hydroxyl groups excluding tert-OH is 1. The third kappa shape index (κ3) is 2.56. The average Bonchev–Trinajstić information content (AvgIpc) is 2.97. The van der Waals surface area contributed by atoms with Gasteiger partial charge in [0.25, 0.3) is 5.78 Å². The third-order valence-corrected chi connectivity index (χ3v) is 4.18. The lowest BCUT2D eigenvalue weighted by Crippen LogP contribution is -2.39. The molecule has 1 saturated heterocycles. The first kappa shape index (κ1) is 14.5. The quantitative estimate of drug-likeness (QED) is 0.837. The summed E-state index contributed by atoms with van der Waals surface area (Å²) in [5.74, 6) is 1.34. The Morgan fingerprint density at radius 3 is 2.95 bits per heavy atom. The van der Waals surface area contributed by atoms with Gasteiger partial charge in [0.1, 0.15) is 17.3 Å². The standard InChI is InChI=1S/C13H19ClN6O/c1-8-11(14)17-13-15-7-16-20(13)12(8)19-6-10(21)4-9(19)5-18(2)3/h7,9-10,21H,4-6H2,1-3H3. The predicted octanol–water partition coefficient (Wildman–Crippen LogP) is 0.587. The molecule has 3 heterocycles. The van der Waals surface area contributed by atoms with E-state index in [-0.39, 0.29) is 12.1 Å². The summed E-state index contributed by atoms with van der Waals surface area (Å²) in [6.45, 7) is 3.34. The van der Waals surface area contributed by atoms with Gasteiger partial charge in [-0.3, -0.25) is 0 Å². The van der Waals surface area contributed by atoms with Crippen molar-refractivity contribution in [2.45, 2.75) is 25.5 Å². The van der Waals surface area contributed by atoms with Gasteiger partial charge in [-0.05, 0) is 27.4 Å². The highest BCUT2D eigenvalue weighted by atomic mass is 35.5. The molecule has 3 rings (SSSR count). The van der Waals surface area contributed by atoms with Crippen LogP contribution in [-0.2, 0) is 0 Å². The first-order valence-electron chi connectivity index (χ1n) is 6.92. The van der Waals surface area contributed by atoms with Gasteiger partial charge in [0, 0.05) is 24.7 Å². The monoisotopic (exact) mass is 310 g/mol. The van der Waals surface area contributed by atoms with E-state index in [1.807, 2.05) is 21.0 Å². The minimum atomic E-state index is -0.347. The molecule has 1 aliphatic heterocycles. The molecule has 0 bridgehead atoms. The van der Waals surface area contributed by atoms with E-state index in [1.54, 1.807) is 4.52 Å². The smallest absolute Gasteiger partial charge is 0.255 e. The highest BCUT2D eigenvalue weighted by molar-refractivity contribution is 6.30. The van der Waals surface area contributed by atoms with Crippen LogP contribution in [0.3, 0.4) is 0 Å². The molecule has 2 unspecified atom stereocenters. The molecule has 114 valence electrons. The van der Waals surface area contributed by atoms with Crippen LogP contribution >= 0.6 is 11.6 Å². The first-order valence-corrected chi connectivity index (χ1v) is 7.30. The van der Waals surface area contributed by atoms with Gasteiger partial charge in [0.05, 0.1) is 6.10 Å². The minimum Gasteiger partial charge on any atom is -0.391 e. The van der Waals surface area contributed by atoms with Crippen LogP contribution in [0.25, 0.3) is 5.78 Å². The summed E-state index contributed by atoms with van der Waals surface area (Å²) in [5.41, 5.74) is 0.854.